The second-order valence-electron chi connectivity index (χ2n) is 7.04. The molecule has 1 heterocycles. The Hall–Kier alpha value is -0.510. The summed E-state index contributed by atoms with van der Waals surface area (Å²) in [5, 5.41) is 9.72. The van der Waals surface area contributed by atoms with Crippen LogP contribution in [-0.2, 0) is 14.4 Å². The van der Waals surface area contributed by atoms with Crippen LogP contribution >= 0.6 is 67.8 Å². The summed E-state index contributed by atoms with van der Waals surface area (Å²) in [6.45, 7) is 5.06. The molecule has 2 rings (SSSR count). The molecule has 0 aliphatic carbocycles. The number of nitrogens with zero attached hydrogens (tertiary/aromatic N) is 2. The molecule has 1 aliphatic rings. The summed E-state index contributed by atoms with van der Waals surface area (Å²) < 4.78 is 1.18. The summed E-state index contributed by atoms with van der Waals surface area (Å²) in [4.78, 5) is 51.8. The van der Waals surface area contributed by atoms with Crippen LogP contribution in [0.4, 0.5) is 11.4 Å². The molecule has 146 valence electrons. The molecule has 1 aromatic rings. The average Bonchev–Trinajstić information content (AvgIpc) is 2.47. The summed E-state index contributed by atoms with van der Waals surface area (Å²) in [5.74, 6) is -2.22. The van der Waals surface area contributed by atoms with Crippen molar-refractivity contribution in [3.63, 3.8) is 0 Å². The summed E-state index contributed by atoms with van der Waals surface area (Å²) in [7, 11) is 1.53. The minimum atomic E-state index is -1.18. The fourth-order valence-electron chi connectivity index (χ4n) is 2.90. The third kappa shape index (κ3) is 4.26. The lowest BCUT2D eigenvalue weighted by atomic mass is 9.81. The number of carbonyl (C=O) groups is 4. The van der Waals surface area contributed by atoms with Crippen molar-refractivity contribution in [1.82, 2.24) is 0 Å². The Kier molecular flexibility index (Phi) is 6.82. The van der Waals surface area contributed by atoms with Crippen LogP contribution in [0.15, 0.2) is 0 Å². The molecule has 0 bridgehead atoms. The number of aromatic carboxylic acids is 1. The van der Waals surface area contributed by atoms with Gasteiger partial charge in [0.15, 0.2) is 0 Å². The molecule has 0 saturated carbocycles. The molecule has 1 N–H and O–H groups in total. The lowest BCUT2D eigenvalue weighted by Crippen LogP contribution is -2.47. The van der Waals surface area contributed by atoms with Crippen molar-refractivity contribution in [2.24, 2.45) is 5.41 Å². The molecule has 0 atom stereocenters. The highest BCUT2D eigenvalue weighted by Crippen LogP contribution is 2.44. The van der Waals surface area contributed by atoms with Crippen LogP contribution in [0.25, 0.3) is 0 Å². The summed E-state index contributed by atoms with van der Waals surface area (Å²) in [6, 6.07) is 0. The number of hydrogen-bond acceptors (Lipinski definition) is 4. The Morgan fingerprint density at radius 2 is 1.52 bits per heavy atom. The molecule has 3 amide bonds. The normalized spacial score (nSPS) is 16.5. The van der Waals surface area contributed by atoms with E-state index < -0.39 is 11.4 Å². The summed E-state index contributed by atoms with van der Waals surface area (Å²) in [6.07, 6.45) is 0.356. The number of hydrogen-bond donors (Lipinski definition) is 1. The number of rotatable bonds is 3. The van der Waals surface area contributed by atoms with E-state index in [0.29, 0.717) is 16.4 Å². The van der Waals surface area contributed by atoms with Gasteiger partial charge in [-0.2, -0.15) is 0 Å². The fourth-order valence-corrected chi connectivity index (χ4v) is 7.74. The van der Waals surface area contributed by atoms with Gasteiger partial charge in [-0.3, -0.25) is 14.4 Å². The molecule has 27 heavy (non-hydrogen) atoms. The van der Waals surface area contributed by atoms with Crippen molar-refractivity contribution in [3.05, 3.63) is 16.3 Å². The minimum Gasteiger partial charge on any atom is -0.478 e. The van der Waals surface area contributed by atoms with E-state index in [4.69, 9.17) is 0 Å². The molecule has 10 heteroatoms. The van der Waals surface area contributed by atoms with Crippen molar-refractivity contribution >= 4 is 103 Å². The van der Waals surface area contributed by atoms with E-state index in [1.807, 2.05) is 81.6 Å². The number of halogens is 3. The van der Waals surface area contributed by atoms with Crippen molar-refractivity contribution in [3.8, 4) is 0 Å². The Bertz CT molecular complexity index is 862. The van der Waals surface area contributed by atoms with Gasteiger partial charge < -0.3 is 10.0 Å². The number of carboxylic acids is 1. The molecule has 0 aromatic heterocycles. The van der Waals surface area contributed by atoms with E-state index in [1.54, 1.807) is 0 Å². The van der Waals surface area contributed by atoms with Crippen LogP contribution in [0, 0.1) is 16.1 Å². The predicted octanol–water partition coefficient (Wildman–Crippen LogP) is 3.86. The summed E-state index contributed by atoms with van der Waals surface area (Å²) in [5.41, 5.74) is 0.143. The van der Waals surface area contributed by atoms with Crippen molar-refractivity contribution in [2.75, 3.05) is 16.8 Å². The number of carboxylic acid groups (broad SMARTS) is 1. The maximum atomic E-state index is 12.8. The van der Waals surface area contributed by atoms with Gasteiger partial charge in [-0.25, -0.2) is 9.69 Å². The topological polar surface area (TPSA) is 95.0 Å². The Morgan fingerprint density at radius 3 is 1.93 bits per heavy atom. The van der Waals surface area contributed by atoms with Crippen molar-refractivity contribution in [2.45, 2.75) is 33.6 Å². The van der Waals surface area contributed by atoms with E-state index in [0.717, 1.165) is 4.90 Å². The molecule has 1 aromatic carbocycles. The number of piperidine rings is 1. The van der Waals surface area contributed by atoms with Crippen molar-refractivity contribution in [1.29, 1.82) is 0 Å². The maximum Gasteiger partial charge on any atom is 0.338 e. The van der Waals surface area contributed by atoms with Gasteiger partial charge in [0, 0.05) is 26.8 Å². The molecular formula is C17H17I3N2O5. The number of anilines is 2. The molecular weight excluding hydrogens is 693 g/mol. The Morgan fingerprint density at radius 1 is 1.04 bits per heavy atom. The lowest BCUT2D eigenvalue weighted by Gasteiger charge is -2.36. The highest BCUT2D eigenvalue weighted by molar-refractivity contribution is 14.1. The molecule has 7 nitrogen and oxygen atoms in total. The zero-order chi connectivity index (χ0) is 20.8. The molecule has 1 fully saturated rings. The van der Waals surface area contributed by atoms with Gasteiger partial charge in [0.25, 0.3) is 0 Å². The van der Waals surface area contributed by atoms with Gasteiger partial charge in [-0.15, -0.1) is 0 Å². The zero-order valence-corrected chi connectivity index (χ0v) is 21.5. The zero-order valence-electron chi connectivity index (χ0n) is 15.0. The van der Waals surface area contributed by atoms with Gasteiger partial charge >= 0.3 is 5.97 Å². The first-order valence-corrected chi connectivity index (χ1v) is 11.1. The first-order chi connectivity index (χ1) is 12.3. The highest BCUT2D eigenvalue weighted by atomic mass is 127. The van der Waals surface area contributed by atoms with Gasteiger partial charge in [-0.05, 0) is 73.2 Å². The van der Waals surface area contributed by atoms with Crippen LogP contribution < -0.4 is 9.80 Å². The van der Waals surface area contributed by atoms with Gasteiger partial charge in [-0.1, -0.05) is 13.8 Å². The molecule has 0 spiro atoms. The van der Waals surface area contributed by atoms with Gasteiger partial charge in [0.05, 0.1) is 27.6 Å². The van der Waals surface area contributed by atoms with E-state index >= 15 is 0 Å². The Balaban J connectivity index is 2.84. The second kappa shape index (κ2) is 8.08. The smallest absolute Gasteiger partial charge is 0.338 e. The third-order valence-electron chi connectivity index (χ3n) is 4.27. The molecule has 0 radical (unpaired) electrons. The number of benzene rings is 1. The fraction of sp³-hybridized carbons (Fsp3) is 0.412. The first-order valence-electron chi connectivity index (χ1n) is 7.84. The monoisotopic (exact) mass is 710 g/mol. The van der Waals surface area contributed by atoms with Gasteiger partial charge in [0.1, 0.15) is 0 Å². The standard InChI is InChI=1S/C17H17I3N2O5/c1-7(23)21(4)14-11(18)10(16(26)27)12(19)15(13(14)20)22-8(24)5-17(2,3)6-9(22)25/h5-6H2,1-4H3,(H,26,27). The SMILES string of the molecule is CC(=O)N(C)c1c(I)c(C(=O)O)c(I)c(N2C(=O)CC(C)(C)CC2=O)c1I. The lowest BCUT2D eigenvalue weighted by molar-refractivity contribution is -0.132. The highest BCUT2D eigenvalue weighted by Gasteiger charge is 2.41. The van der Waals surface area contributed by atoms with Crippen LogP contribution in [0.5, 0.6) is 0 Å². The van der Waals surface area contributed by atoms with Gasteiger partial charge in [0.2, 0.25) is 17.7 Å². The molecule has 1 aliphatic heterocycles. The van der Waals surface area contributed by atoms with E-state index in [2.05, 4.69) is 0 Å². The number of imide groups is 1. The Labute approximate surface area is 197 Å². The largest absolute Gasteiger partial charge is 0.478 e. The molecule has 1 saturated heterocycles. The number of carbonyl (C=O) groups excluding carboxylic acids is 3. The average molecular weight is 710 g/mol. The second-order valence-corrected chi connectivity index (χ2v) is 10.3. The summed E-state index contributed by atoms with van der Waals surface area (Å²) >= 11 is 5.71. The first kappa shape index (κ1) is 22.8. The van der Waals surface area contributed by atoms with E-state index in [1.165, 1.54) is 18.9 Å². The van der Waals surface area contributed by atoms with Crippen LogP contribution in [0.3, 0.4) is 0 Å². The number of amides is 3. The van der Waals surface area contributed by atoms with Crippen LogP contribution in [-0.4, -0.2) is 35.8 Å². The van der Waals surface area contributed by atoms with E-state index in [9.17, 15) is 24.3 Å². The van der Waals surface area contributed by atoms with E-state index in [-0.39, 0.29) is 41.8 Å². The predicted molar refractivity (Wildman–Crippen MR) is 126 cm³/mol. The van der Waals surface area contributed by atoms with Crippen LogP contribution in [0.2, 0.25) is 0 Å². The minimum absolute atomic E-state index is 0.0276. The third-order valence-corrected chi connectivity index (χ3v) is 7.40. The maximum absolute atomic E-state index is 12.8. The van der Waals surface area contributed by atoms with Crippen molar-refractivity contribution < 1.29 is 24.3 Å². The van der Waals surface area contributed by atoms with Crippen LogP contribution in [0.1, 0.15) is 44.0 Å². The molecule has 0 unspecified atom stereocenters. The quantitative estimate of drug-likeness (QED) is 0.380.